The first-order valence-electron chi connectivity index (χ1n) is 10.3. The van der Waals surface area contributed by atoms with Crippen molar-refractivity contribution < 1.29 is 23.2 Å². The van der Waals surface area contributed by atoms with Crippen LogP contribution in [0.1, 0.15) is 36.8 Å². The maximum absolute atomic E-state index is 14.9. The van der Waals surface area contributed by atoms with E-state index in [1.807, 2.05) is 0 Å². The van der Waals surface area contributed by atoms with E-state index in [0.29, 0.717) is 5.56 Å². The fourth-order valence-corrected chi connectivity index (χ4v) is 3.63. The van der Waals surface area contributed by atoms with Gasteiger partial charge in [0.15, 0.2) is 11.5 Å². The van der Waals surface area contributed by atoms with Crippen molar-refractivity contribution in [2.24, 2.45) is 11.1 Å². The van der Waals surface area contributed by atoms with Crippen LogP contribution in [-0.4, -0.2) is 40.1 Å². The van der Waals surface area contributed by atoms with Crippen LogP contribution in [0, 0.1) is 17.0 Å². The topological polar surface area (TPSA) is 119 Å². The summed E-state index contributed by atoms with van der Waals surface area (Å²) < 4.78 is 29.4. The van der Waals surface area contributed by atoms with Crippen LogP contribution < -0.4 is 16.4 Å². The molecule has 0 aliphatic carbocycles. The third-order valence-corrected chi connectivity index (χ3v) is 5.28. The summed E-state index contributed by atoms with van der Waals surface area (Å²) in [5.41, 5.74) is 4.86. The maximum atomic E-state index is 14.9. The van der Waals surface area contributed by atoms with Crippen LogP contribution in [0.3, 0.4) is 0 Å². The molecule has 180 valence electrons. The summed E-state index contributed by atoms with van der Waals surface area (Å²) in [4.78, 5) is 36.9. The highest BCUT2D eigenvalue weighted by Crippen LogP contribution is 2.28. The molecule has 3 aromatic rings. The van der Waals surface area contributed by atoms with Gasteiger partial charge in [0, 0.05) is 10.4 Å². The SMILES string of the molecule is CC(C)(C)C(NC(=O)c1nn(Cc2ccc(F)cc2)c2c(F)cc(Cl)cc12)C(=O)NCC(N)=O. The normalized spacial score (nSPS) is 12.4. The first-order chi connectivity index (χ1) is 15.9. The van der Waals surface area contributed by atoms with Crippen molar-refractivity contribution in [3.8, 4) is 0 Å². The molecule has 0 aliphatic rings. The second-order valence-electron chi connectivity index (χ2n) is 8.87. The number of aromatic nitrogens is 2. The summed E-state index contributed by atoms with van der Waals surface area (Å²) >= 11 is 6.03. The molecule has 0 saturated carbocycles. The van der Waals surface area contributed by atoms with E-state index in [4.69, 9.17) is 17.3 Å². The first kappa shape index (κ1) is 25.1. The average Bonchev–Trinajstić information content (AvgIpc) is 3.09. The Morgan fingerprint density at radius 2 is 1.79 bits per heavy atom. The zero-order chi connectivity index (χ0) is 25.2. The molecule has 2 aromatic carbocycles. The summed E-state index contributed by atoms with van der Waals surface area (Å²) in [6.45, 7) is 4.85. The number of hydrogen-bond donors (Lipinski definition) is 3. The van der Waals surface area contributed by atoms with E-state index in [1.54, 1.807) is 20.8 Å². The minimum Gasteiger partial charge on any atom is -0.368 e. The molecule has 1 aromatic heterocycles. The third-order valence-electron chi connectivity index (χ3n) is 5.06. The fourth-order valence-electron chi connectivity index (χ4n) is 3.43. The highest BCUT2D eigenvalue weighted by Gasteiger charge is 2.34. The number of nitrogens with one attached hydrogen (secondary N) is 2. The Morgan fingerprint density at radius 1 is 1.15 bits per heavy atom. The predicted molar refractivity (Wildman–Crippen MR) is 123 cm³/mol. The van der Waals surface area contributed by atoms with Crippen molar-refractivity contribution in [3.63, 3.8) is 0 Å². The number of nitrogens with zero attached hydrogens (tertiary/aromatic N) is 2. The molecule has 1 unspecified atom stereocenters. The van der Waals surface area contributed by atoms with Gasteiger partial charge in [0.1, 0.15) is 17.4 Å². The number of nitrogens with two attached hydrogens (primary N) is 1. The molecule has 1 atom stereocenters. The van der Waals surface area contributed by atoms with Crippen LogP contribution in [0.25, 0.3) is 10.9 Å². The summed E-state index contributed by atoms with van der Waals surface area (Å²) in [7, 11) is 0. The van der Waals surface area contributed by atoms with Gasteiger partial charge in [0.05, 0.1) is 13.1 Å². The van der Waals surface area contributed by atoms with Crippen molar-refractivity contribution in [1.29, 1.82) is 0 Å². The van der Waals surface area contributed by atoms with E-state index < -0.39 is 47.4 Å². The number of carbonyl (C=O) groups excluding carboxylic acids is 3. The molecule has 0 spiro atoms. The zero-order valence-electron chi connectivity index (χ0n) is 18.8. The maximum Gasteiger partial charge on any atom is 0.273 e. The van der Waals surface area contributed by atoms with Gasteiger partial charge in [-0.05, 0) is 35.2 Å². The van der Waals surface area contributed by atoms with E-state index in [0.717, 1.165) is 6.07 Å². The van der Waals surface area contributed by atoms with Gasteiger partial charge in [-0.25, -0.2) is 8.78 Å². The van der Waals surface area contributed by atoms with Gasteiger partial charge < -0.3 is 16.4 Å². The van der Waals surface area contributed by atoms with Gasteiger partial charge in [-0.3, -0.25) is 19.1 Å². The molecule has 11 heteroatoms. The van der Waals surface area contributed by atoms with Crippen LogP contribution in [0.15, 0.2) is 36.4 Å². The smallest absolute Gasteiger partial charge is 0.273 e. The fraction of sp³-hybridized carbons (Fsp3) is 0.304. The molecular formula is C23H24ClF2N5O3. The molecule has 3 rings (SSSR count). The highest BCUT2D eigenvalue weighted by atomic mass is 35.5. The van der Waals surface area contributed by atoms with E-state index in [-0.39, 0.29) is 28.2 Å². The lowest BCUT2D eigenvalue weighted by atomic mass is 9.86. The zero-order valence-corrected chi connectivity index (χ0v) is 19.5. The standard InChI is InChI=1S/C23H24ClF2N5O3/c1-23(2,3)20(22(34)28-10-17(27)32)29-21(33)18-15-8-13(24)9-16(26)19(15)31(30-18)11-12-4-6-14(25)7-5-12/h4-9,20H,10-11H2,1-3H3,(H2,27,32)(H,28,34)(H,29,33). The van der Waals surface area contributed by atoms with Gasteiger partial charge >= 0.3 is 0 Å². The van der Waals surface area contributed by atoms with Gasteiger partial charge in [0.2, 0.25) is 11.8 Å². The summed E-state index contributed by atoms with van der Waals surface area (Å²) in [5, 5.41) is 9.49. The molecule has 1 heterocycles. The van der Waals surface area contributed by atoms with Crippen molar-refractivity contribution in [2.75, 3.05) is 6.54 Å². The Labute approximate surface area is 199 Å². The molecular weight excluding hydrogens is 468 g/mol. The van der Waals surface area contributed by atoms with Crippen molar-refractivity contribution in [1.82, 2.24) is 20.4 Å². The van der Waals surface area contributed by atoms with Gasteiger partial charge in [-0.15, -0.1) is 0 Å². The Bertz CT molecular complexity index is 1250. The molecule has 0 saturated heterocycles. The minimum atomic E-state index is -1.05. The number of rotatable bonds is 7. The molecule has 34 heavy (non-hydrogen) atoms. The van der Waals surface area contributed by atoms with Crippen LogP contribution in [0.2, 0.25) is 5.02 Å². The lowest BCUT2D eigenvalue weighted by molar-refractivity contribution is -0.128. The number of hydrogen-bond acceptors (Lipinski definition) is 4. The van der Waals surface area contributed by atoms with Crippen LogP contribution in [0.4, 0.5) is 8.78 Å². The number of halogens is 3. The molecule has 4 N–H and O–H groups in total. The second-order valence-corrected chi connectivity index (χ2v) is 9.31. The largest absolute Gasteiger partial charge is 0.368 e. The molecule has 8 nitrogen and oxygen atoms in total. The van der Waals surface area contributed by atoms with Crippen molar-refractivity contribution in [3.05, 3.63) is 64.3 Å². The Kier molecular flexibility index (Phi) is 7.21. The van der Waals surface area contributed by atoms with Crippen molar-refractivity contribution in [2.45, 2.75) is 33.4 Å². The van der Waals surface area contributed by atoms with Gasteiger partial charge in [0.25, 0.3) is 5.91 Å². The van der Waals surface area contributed by atoms with E-state index in [2.05, 4.69) is 15.7 Å². The Morgan fingerprint density at radius 3 is 2.38 bits per heavy atom. The summed E-state index contributed by atoms with van der Waals surface area (Å²) in [6, 6.07) is 7.03. The number of benzene rings is 2. The predicted octanol–water partition coefficient (Wildman–Crippen LogP) is 2.76. The van der Waals surface area contributed by atoms with Crippen LogP contribution in [-0.2, 0) is 16.1 Å². The van der Waals surface area contributed by atoms with E-state index >= 15 is 0 Å². The van der Waals surface area contributed by atoms with Crippen molar-refractivity contribution >= 4 is 40.2 Å². The van der Waals surface area contributed by atoms with E-state index in [1.165, 1.54) is 35.0 Å². The Hall–Kier alpha value is -3.53. The van der Waals surface area contributed by atoms with Gasteiger partial charge in [-0.2, -0.15) is 5.10 Å². The van der Waals surface area contributed by atoms with Crippen LogP contribution >= 0.6 is 11.6 Å². The van der Waals surface area contributed by atoms with E-state index in [9.17, 15) is 23.2 Å². The molecule has 0 bridgehead atoms. The molecule has 0 aliphatic heterocycles. The molecule has 3 amide bonds. The number of fused-ring (bicyclic) bond motifs is 1. The molecule has 0 fully saturated rings. The minimum absolute atomic E-state index is 0.0318. The molecule has 0 radical (unpaired) electrons. The third kappa shape index (κ3) is 5.69. The average molecular weight is 492 g/mol. The second kappa shape index (κ2) is 9.76. The first-order valence-corrected chi connectivity index (χ1v) is 10.7. The van der Waals surface area contributed by atoms with Crippen LogP contribution in [0.5, 0.6) is 0 Å². The number of carbonyl (C=O) groups is 3. The number of amides is 3. The Balaban J connectivity index is 2.00. The monoisotopic (exact) mass is 491 g/mol. The lowest BCUT2D eigenvalue weighted by Crippen LogP contribution is -2.54. The van der Waals surface area contributed by atoms with Gasteiger partial charge in [-0.1, -0.05) is 44.5 Å². The quantitative estimate of drug-likeness (QED) is 0.470. The number of primary amides is 1. The summed E-state index contributed by atoms with van der Waals surface area (Å²) in [5.74, 6) is -3.20. The summed E-state index contributed by atoms with van der Waals surface area (Å²) in [6.07, 6.45) is 0. The lowest BCUT2D eigenvalue weighted by Gasteiger charge is -2.30. The highest BCUT2D eigenvalue weighted by molar-refractivity contribution is 6.31.